The molecule has 1 unspecified atom stereocenters. The first-order chi connectivity index (χ1) is 18.2. The van der Waals surface area contributed by atoms with Gasteiger partial charge in [0.2, 0.25) is 0 Å². The quantitative estimate of drug-likeness (QED) is 0.490. The largest absolute Gasteiger partial charge is 0.490 e. The summed E-state index contributed by atoms with van der Waals surface area (Å²) in [5.74, 6) is -4.35. The van der Waals surface area contributed by atoms with E-state index in [4.69, 9.17) is 29.6 Å². The molecule has 0 radical (unpaired) electrons. The Balaban J connectivity index is 0.000000317. The zero-order chi connectivity index (χ0) is 29.2. The molecule has 39 heavy (non-hydrogen) atoms. The summed E-state index contributed by atoms with van der Waals surface area (Å²) in [7, 11) is 1.78. The van der Waals surface area contributed by atoms with E-state index in [1.54, 1.807) is 7.11 Å². The van der Waals surface area contributed by atoms with Crippen LogP contribution in [0.3, 0.4) is 0 Å². The monoisotopic (exact) mass is 568 g/mol. The lowest BCUT2D eigenvalue weighted by atomic mass is 9.97. The lowest BCUT2D eigenvalue weighted by molar-refractivity contribution is -0.193. The van der Waals surface area contributed by atoms with E-state index in [9.17, 15) is 26.3 Å². The third-order valence-electron chi connectivity index (χ3n) is 6.01. The van der Waals surface area contributed by atoms with Gasteiger partial charge in [-0.1, -0.05) is 18.9 Å². The van der Waals surface area contributed by atoms with Crippen LogP contribution < -0.4 is 0 Å². The molecule has 0 amide bonds. The number of rotatable bonds is 6. The number of carboxylic acid groups (broad SMARTS) is 2. The van der Waals surface area contributed by atoms with Gasteiger partial charge >= 0.3 is 24.3 Å². The van der Waals surface area contributed by atoms with Crippen molar-refractivity contribution in [1.29, 1.82) is 0 Å². The van der Waals surface area contributed by atoms with Crippen LogP contribution in [0.1, 0.15) is 48.6 Å². The maximum Gasteiger partial charge on any atom is 0.490 e. The van der Waals surface area contributed by atoms with E-state index < -0.39 is 24.3 Å². The molecule has 0 aromatic carbocycles. The van der Waals surface area contributed by atoms with Crippen LogP contribution in [-0.4, -0.2) is 74.4 Å². The Morgan fingerprint density at radius 1 is 1.05 bits per heavy atom. The average Bonchev–Trinajstić information content (AvgIpc) is 3.49. The second kappa shape index (κ2) is 14.3. The summed E-state index contributed by atoms with van der Waals surface area (Å²) in [6, 6.07) is 6.13. The smallest absolute Gasteiger partial charge is 0.475 e. The molecule has 0 bridgehead atoms. The number of fused-ring (bicyclic) bond motifs is 1. The summed E-state index contributed by atoms with van der Waals surface area (Å²) in [6.45, 7) is 4.63. The number of methoxy groups -OCH3 is 1. The normalized spacial score (nSPS) is 17.9. The Bertz CT molecular complexity index is 1030. The van der Waals surface area contributed by atoms with E-state index in [2.05, 4.69) is 32.9 Å². The predicted octanol–water partition coefficient (Wildman–Crippen LogP) is 4.48. The minimum atomic E-state index is -5.08. The molecule has 1 saturated carbocycles. The minimum absolute atomic E-state index is 0.349. The van der Waals surface area contributed by atoms with E-state index >= 15 is 0 Å². The van der Waals surface area contributed by atoms with Crippen molar-refractivity contribution in [2.24, 2.45) is 5.92 Å². The van der Waals surface area contributed by atoms with Gasteiger partial charge in [-0.3, -0.25) is 14.6 Å². The van der Waals surface area contributed by atoms with Gasteiger partial charge in [-0.2, -0.15) is 31.4 Å². The molecule has 1 atom stereocenters. The molecular formula is C24H30F6N4O5. The number of hydrogen-bond donors (Lipinski definition) is 2. The summed E-state index contributed by atoms with van der Waals surface area (Å²) in [5.41, 5.74) is 3.74. The molecule has 218 valence electrons. The highest BCUT2D eigenvalue weighted by Crippen LogP contribution is 2.30. The third-order valence-corrected chi connectivity index (χ3v) is 6.01. The maximum absolute atomic E-state index is 10.6. The van der Waals surface area contributed by atoms with Crippen molar-refractivity contribution in [3.8, 4) is 0 Å². The number of aromatic nitrogens is 3. The zero-order valence-electron chi connectivity index (χ0n) is 21.1. The van der Waals surface area contributed by atoms with Gasteiger partial charge in [0.05, 0.1) is 18.0 Å². The lowest BCUT2D eigenvalue weighted by Gasteiger charge is -2.31. The number of carboxylic acids is 2. The van der Waals surface area contributed by atoms with E-state index in [-0.39, 0.29) is 0 Å². The molecule has 1 aliphatic heterocycles. The number of carbonyl (C=O) groups is 2. The summed E-state index contributed by atoms with van der Waals surface area (Å²) >= 11 is 0. The fourth-order valence-corrected chi connectivity index (χ4v) is 4.37. The lowest BCUT2D eigenvalue weighted by Crippen LogP contribution is -2.34. The number of hydrogen-bond acceptors (Lipinski definition) is 6. The number of alkyl halides is 6. The Hall–Kier alpha value is -3.20. The summed E-state index contributed by atoms with van der Waals surface area (Å²) in [5, 5.41) is 19.2. The van der Waals surface area contributed by atoms with E-state index in [1.807, 2.05) is 12.3 Å². The number of ether oxygens (including phenoxy) is 1. The number of aliphatic carboxylic acids is 2. The van der Waals surface area contributed by atoms with Crippen molar-refractivity contribution in [1.82, 2.24) is 19.7 Å². The van der Waals surface area contributed by atoms with Crippen molar-refractivity contribution in [2.45, 2.75) is 63.6 Å². The standard InChI is InChI=1S/C20H28N4O.2C2HF3O2/c1-25-15-18-12-23(14-19-8-4-5-9-21-19)11-17-13-24(22-20(17)18)10-16-6-2-3-7-16;2*3-2(4,5)1(6)7/h4-5,8-9,13,16,18H,2-3,6-7,10-12,14-15H2,1H3;2*(H,6,7). The zero-order valence-corrected chi connectivity index (χ0v) is 21.1. The van der Waals surface area contributed by atoms with Crippen LogP contribution >= 0.6 is 0 Å². The molecule has 1 fully saturated rings. The molecule has 0 spiro atoms. The van der Waals surface area contributed by atoms with Crippen LogP contribution in [0.25, 0.3) is 0 Å². The van der Waals surface area contributed by atoms with Crippen molar-refractivity contribution in [3.05, 3.63) is 47.5 Å². The van der Waals surface area contributed by atoms with Gasteiger partial charge in [0, 0.05) is 57.2 Å². The molecule has 2 aliphatic rings. The molecule has 2 aromatic heterocycles. The van der Waals surface area contributed by atoms with Crippen LogP contribution in [0.15, 0.2) is 30.6 Å². The van der Waals surface area contributed by atoms with Gasteiger partial charge in [-0.25, -0.2) is 9.59 Å². The van der Waals surface area contributed by atoms with Crippen LogP contribution in [-0.2, 0) is 34.0 Å². The summed E-state index contributed by atoms with van der Waals surface area (Å²) in [4.78, 5) is 24.7. The molecule has 2 N–H and O–H groups in total. The molecular weight excluding hydrogens is 538 g/mol. The van der Waals surface area contributed by atoms with Crippen LogP contribution in [0.4, 0.5) is 26.3 Å². The summed E-state index contributed by atoms with van der Waals surface area (Å²) < 4.78 is 71.2. The van der Waals surface area contributed by atoms with Crippen molar-refractivity contribution in [3.63, 3.8) is 0 Å². The summed E-state index contributed by atoms with van der Waals surface area (Å²) in [6.07, 6.45) is -0.529. The van der Waals surface area contributed by atoms with E-state index in [1.165, 1.54) is 36.9 Å². The molecule has 15 heteroatoms. The van der Waals surface area contributed by atoms with Crippen molar-refractivity contribution < 1.29 is 50.9 Å². The van der Waals surface area contributed by atoms with Crippen LogP contribution in [0.5, 0.6) is 0 Å². The minimum Gasteiger partial charge on any atom is -0.475 e. The first kappa shape index (κ1) is 32.0. The predicted molar refractivity (Wildman–Crippen MR) is 125 cm³/mol. The first-order valence-electron chi connectivity index (χ1n) is 12.0. The van der Waals surface area contributed by atoms with Crippen LogP contribution in [0.2, 0.25) is 0 Å². The number of nitrogens with zero attached hydrogens (tertiary/aromatic N) is 4. The van der Waals surface area contributed by atoms with Gasteiger partial charge in [-0.05, 0) is 30.9 Å². The van der Waals surface area contributed by atoms with Gasteiger partial charge in [-0.15, -0.1) is 0 Å². The first-order valence-corrected chi connectivity index (χ1v) is 12.0. The highest BCUT2D eigenvalue weighted by atomic mass is 19.4. The Kier molecular flexibility index (Phi) is 11.7. The number of pyridine rings is 1. The Morgan fingerprint density at radius 3 is 2.13 bits per heavy atom. The molecule has 4 rings (SSSR count). The topological polar surface area (TPSA) is 118 Å². The van der Waals surface area contributed by atoms with Crippen molar-refractivity contribution in [2.75, 3.05) is 20.3 Å². The Labute approximate surface area is 220 Å². The van der Waals surface area contributed by atoms with Gasteiger partial charge in [0.15, 0.2) is 0 Å². The Morgan fingerprint density at radius 2 is 1.64 bits per heavy atom. The molecule has 0 saturated heterocycles. The van der Waals surface area contributed by atoms with E-state index in [0.29, 0.717) is 5.92 Å². The molecule has 2 aromatic rings. The highest BCUT2D eigenvalue weighted by molar-refractivity contribution is 5.73. The molecule has 3 heterocycles. The SMILES string of the molecule is COCC1CN(Cc2ccccn2)Cc2cn(CC3CCCC3)nc21.O=C(O)C(F)(F)F.O=C(O)C(F)(F)F. The average molecular weight is 569 g/mol. The van der Waals surface area contributed by atoms with Crippen LogP contribution in [0, 0.1) is 5.92 Å². The number of halogens is 6. The second-order valence-electron chi connectivity index (χ2n) is 9.16. The van der Waals surface area contributed by atoms with E-state index in [0.717, 1.165) is 44.4 Å². The van der Waals surface area contributed by atoms with Crippen molar-refractivity contribution >= 4 is 11.9 Å². The fourth-order valence-electron chi connectivity index (χ4n) is 4.37. The highest BCUT2D eigenvalue weighted by Gasteiger charge is 2.39. The van der Waals surface area contributed by atoms with Gasteiger partial charge < -0.3 is 14.9 Å². The molecule has 1 aliphatic carbocycles. The van der Waals surface area contributed by atoms with Gasteiger partial charge in [0.1, 0.15) is 0 Å². The third kappa shape index (κ3) is 10.8. The fraction of sp³-hybridized carbons (Fsp3) is 0.583. The molecule has 9 nitrogen and oxygen atoms in total. The van der Waals surface area contributed by atoms with Gasteiger partial charge in [0.25, 0.3) is 0 Å². The maximum atomic E-state index is 10.6. The second-order valence-corrected chi connectivity index (χ2v) is 9.16.